The second-order valence-corrected chi connectivity index (χ2v) is 4.24. The summed E-state index contributed by atoms with van der Waals surface area (Å²) in [4.78, 5) is 24.2. The maximum Gasteiger partial charge on any atom is 0.294 e. The van der Waals surface area contributed by atoms with E-state index >= 15 is 0 Å². The first kappa shape index (κ1) is 15.2. The van der Waals surface area contributed by atoms with Crippen molar-refractivity contribution in [3.8, 4) is 0 Å². The summed E-state index contributed by atoms with van der Waals surface area (Å²) in [7, 11) is 1.54. The van der Waals surface area contributed by atoms with Crippen molar-refractivity contribution in [3.63, 3.8) is 0 Å². The molecule has 1 rings (SSSR count). The van der Waals surface area contributed by atoms with Gasteiger partial charge in [0.05, 0.1) is 9.95 Å². The Morgan fingerprint density at radius 3 is 2.42 bits per heavy atom. The standard InChI is InChI=1S/C12H16ClN3O3/c1-4-15(5-2)12(17)8-6-9(13)11(14-3)10(7-8)16(18)19/h6-7,14H,4-5H2,1-3H3. The molecule has 0 aromatic heterocycles. The van der Waals surface area contributed by atoms with E-state index in [-0.39, 0.29) is 27.9 Å². The minimum absolute atomic E-state index is 0.159. The second kappa shape index (κ2) is 6.38. The number of nitrogens with zero attached hydrogens (tertiary/aromatic N) is 2. The van der Waals surface area contributed by atoms with Crippen molar-refractivity contribution in [3.05, 3.63) is 32.8 Å². The third-order valence-electron chi connectivity index (χ3n) is 2.81. The van der Waals surface area contributed by atoms with E-state index in [4.69, 9.17) is 11.6 Å². The highest BCUT2D eigenvalue weighted by atomic mass is 35.5. The molecule has 0 saturated carbocycles. The Morgan fingerprint density at radius 1 is 1.42 bits per heavy atom. The number of halogens is 1. The third-order valence-corrected chi connectivity index (χ3v) is 3.11. The lowest BCUT2D eigenvalue weighted by atomic mass is 10.1. The third kappa shape index (κ3) is 3.14. The summed E-state index contributed by atoms with van der Waals surface area (Å²) < 4.78 is 0. The molecule has 0 saturated heterocycles. The fourth-order valence-corrected chi connectivity index (χ4v) is 2.11. The molecule has 0 radical (unpaired) electrons. The second-order valence-electron chi connectivity index (χ2n) is 3.84. The lowest BCUT2D eigenvalue weighted by molar-refractivity contribution is -0.384. The first-order valence-electron chi connectivity index (χ1n) is 5.91. The van der Waals surface area contributed by atoms with Crippen molar-refractivity contribution in [2.24, 2.45) is 0 Å². The predicted molar refractivity (Wildman–Crippen MR) is 74.9 cm³/mol. The first-order valence-corrected chi connectivity index (χ1v) is 6.28. The summed E-state index contributed by atoms with van der Waals surface area (Å²) >= 11 is 5.98. The molecule has 0 heterocycles. The number of carbonyl (C=O) groups excluding carboxylic acids is 1. The van der Waals surface area contributed by atoms with Crippen molar-refractivity contribution in [1.82, 2.24) is 4.90 Å². The quantitative estimate of drug-likeness (QED) is 0.667. The topological polar surface area (TPSA) is 75.5 Å². The highest BCUT2D eigenvalue weighted by Gasteiger charge is 2.22. The number of carbonyl (C=O) groups is 1. The smallest absolute Gasteiger partial charge is 0.294 e. The Labute approximate surface area is 116 Å². The monoisotopic (exact) mass is 285 g/mol. The van der Waals surface area contributed by atoms with Gasteiger partial charge in [-0.15, -0.1) is 0 Å². The van der Waals surface area contributed by atoms with Gasteiger partial charge in [-0.25, -0.2) is 0 Å². The zero-order valence-corrected chi connectivity index (χ0v) is 11.8. The zero-order valence-electron chi connectivity index (χ0n) is 11.1. The van der Waals surface area contributed by atoms with Gasteiger partial charge in [0, 0.05) is 31.8 Å². The van der Waals surface area contributed by atoms with Gasteiger partial charge in [-0.2, -0.15) is 0 Å². The van der Waals surface area contributed by atoms with Crippen LogP contribution in [0.25, 0.3) is 0 Å². The van der Waals surface area contributed by atoms with Crippen LogP contribution in [0.5, 0.6) is 0 Å². The van der Waals surface area contributed by atoms with Crippen molar-refractivity contribution in [2.75, 3.05) is 25.5 Å². The summed E-state index contributed by atoms with van der Waals surface area (Å²) in [6.07, 6.45) is 0. The molecule has 1 amide bonds. The first-order chi connectivity index (χ1) is 8.96. The number of benzene rings is 1. The number of hydrogen-bond acceptors (Lipinski definition) is 4. The van der Waals surface area contributed by atoms with Gasteiger partial charge in [0.2, 0.25) is 0 Å². The van der Waals surface area contributed by atoms with Crippen LogP contribution in [0.15, 0.2) is 12.1 Å². The van der Waals surface area contributed by atoms with E-state index in [0.29, 0.717) is 13.1 Å². The number of rotatable bonds is 5. The molecule has 1 N–H and O–H groups in total. The van der Waals surface area contributed by atoms with Gasteiger partial charge < -0.3 is 10.2 Å². The Bertz CT molecular complexity index is 501. The minimum atomic E-state index is -0.559. The van der Waals surface area contributed by atoms with E-state index in [1.807, 2.05) is 13.8 Å². The van der Waals surface area contributed by atoms with E-state index in [0.717, 1.165) is 0 Å². The molecule has 0 aliphatic rings. The lowest BCUT2D eigenvalue weighted by Crippen LogP contribution is -2.30. The van der Waals surface area contributed by atoms with E-state index in [9.17, 15) is 14.9 Å². The minimum Gasteiger partial charge on any atom is -0.381 e. The van der Waals surface area contributed by atoms with Crippen LogP contribution in [0.4, 0.5) is 11.4 Å². The predicted octanol–water partition coefficient (Wildman–Crippen LogP) is 2.77. The van der Waals surface area contributed by atoms with Crippen molar-refractivity contribution >= 4 is 28.9 Å². The number of amides is 1. The Kier molecular flexibility index (Phi) is 5.11. The highest BCUT2D eigenvalue weighted by Crippen LogP contribution is 2.33. The summed E-state index contributed by atoms with van der Waals surface area (Å²) in [5, 5.41) is 13.8. The molecule has 0 unspecified atom stereocenters. The Balaban J connectivity index is 3.31. The molecular weight excluding hydrogens is 270 g/mol. The van der Waals surface area contributed by atoms with E-state index in [1.54, 1.807) is 11.9 Å². The Hall–Kier alpha value is -1.82. The molecule has 0 aliphatic carbocycles. The molecular formula is C12H16ClN3O3. The van der Waals surface area contributed by atoms with Crippen LogP contribution in [0.1, 0.15) is 24.2 Å². The number of nitrogens with one attached hydrogen (secondary N) is 1. The highest BCUT2D eigenvalue weighted by molar-refractivity contribution is 6.34. The Morgan fingerprint density at radius 2 is 2.00 bits per heavy atom. The molecule has 6 nitrogen and oxygen atoms in total. The van der Waals surface area contributed by atoms with Gasteiger partial charge in [0.1, 0.15) is 5.69 Å². The SMILES string of the molecule is CCN(CC)C(=O)c1cc(Cl)c(NC)c([N+](=O)[O-])c1. The van der Waals surface area contributed by atoms with Crippen LogP contribution >= 0.6 is 11.6 Å². The average Bonchev–Trinajstić information content (AvgIpc) is 2.38. The molecule has 104 valence electrons. The maximum absolute atomic E-state index is 12.2. The summed E-state index contributed by atoms with van der Waals surface area (Å²) in [6.45, 7) is 4.77. The fourth-order valence-electron chi connectivity index (χ4n) is 1.80. The molecule has 0 fully saturated rings. The van der Waals surface area contributed by atoms with Crippen LogP contribution in [-0.2, 0) is 0 Å². The molecule has 7 heteroatoms. The van der Waals surface area contributed by atoms with Crippen molar-refractivity contribution in [1.29, 1.82) is 0 Å². The van der Waals surface area contributed by atoms with Crippen LogP contribution in [0.2, 0.25) is 5.02 Å². The van der Waals surface area contributed by atoms with Crippen LogP contribution in [0.3, 0.4) is 0 Å². The maximum atomic E-state index is 12.2. The number of nitro groups is 1. The van der Waals surface area contributed by atoms with E-state index in [1.165, 1.54) is 12.1 Å². The molecule has 0 bridgehead atoms. The largest absolute Gasteiger partial charge is 0.381 e. The molecule has 1 aromatic carbocycles. The fraction of sp³-hybridized carbons (Fsp3) is 0.417. The number of hydrogen-bond donors (Lipinski definition) is 1. The van der Waals surface area contributed by atoms with E-state index in [2.05, 4.69) is 5.32 Å². The summed E-state index contributed by atoms with van der Waals surface area (Å²) in [6, 6.07) is 2.69. The van der Waals surface area contributed by atoms with Gasteiger partial charge >= 0.3 is 0 Å². The van der Waals surface area contributed by atoms with Crippen molar-refractivity contribution < 1.29 is 9.72 Å². The molecule has 19 heavy (non-hydrogen) atoms. The number of nitro benzene ring substituents is 1. The zero-order chi connectivity index (χ0) is 14.6. The van der Waals surface area contributed by atoms with Gasteiger partial charge in [0.15, 0.2) is 0 Å². The molecule has 0 spiro atoms. The van der Waals surface area contributed by atoms with Gasteiger partial charge in [-0.1, -0.05) is 11.6 Å². The molecule has 0 aliphatic heterocycles. The van der Waals surface area contributed by atoms with E-state index < -0.39 is 4.92 Å². The van der Waals surface area contributed by atoms with Crippen molar-refractivity contribution in [2.45, 2.75) is 13.8 Å². The summed E-state index contributed by atoms with van der Waals surface area (Å²) in [5.41, 5.74) is 0.229. The molecule has 0 atom stereocenters. The normalized spacial score (nSPS) is 10.1. The number of anilines is 1. The van der Waals surface area contributed by atoms with Crippen LogP contribution in [-0.4, -0.2) is 35.9 Å². The molecule has 1 aromatic rings. The van der Waals surface area contributed by atoms with Crippen LogP contribution < -0.4 is 5.32 Å². The van der Waals surface area contributed by atoms with Gasteiger partial charge in [-0.3, -0.25) is 14.9 Å². The average molecular weight is 286 g/mol. The van der Waals surface area contributed by atoms with Crippen LogP contribution in [0, 0.1) is 10.1 Å². The van der Waals surface area contributed by atoms with Gasteiger partial charge in [0.25, 0.3) is 11.6 Å². The summed E-state index contributed by atoms with van der Waals surface area (Å²) in [5.74, 6) is -0.266. The lowest BCUT2D eigenvalue weighted by Gasteiger charge is -2.19. The van der Waals surface area contributed by atoms with Gasteiger partial charge in [-0.05, 0) is 19.9 Å².